The van der Waals surface area contributed by atoms with Crippen molar-refractivity contribution >= 4 is 5.91 Å². The third-order valence-corrected chi connectivity index (χ3v) is 1.83. The Kier molecular flexibility index (Phi) is 5.29. The van der Waals surface area contributed by atoms with Gasteiger partial charge in [-0.05, 0) is 6.08 Å². The highest BCUT2D eigenvalue weighted by Crippen LogP contribution is 2.12. The monoisotopic (exact) mass is 189 g/mol. The normalized spacial score (nSPS) is 11.0. The highest BCUT2D eigenvalue weighted by atomic mass is 16.3. The van der Waals surface area contributed by atoms with Gasteiger partial charge in [0.05, 0.1) is 25.2 Å². The average Bonchev–Trinajstić information content (AvgIpc) is 2.20. The minimum atomic E-state index is -1.06. The van der Waals surface area contributed by atoms with Gasteiger partial charge in [0.15, 0.2) is 0 Å². The topological polar surface area (TPSA) is 89.8 Å². The predicted molar refractivity (Wildman–Crippen MR) is 46.9 cm³/mol. The van der Waals surface area contributed by atoms with Gasteiger partial charge >= 0.3 is 0 Å². The fraction of sp³-hybridized carbons (Fsp3) is 0.625. The highest BCUT2D eigenvalue weighted by Gasteiger charge is 2.28. The van der Waals surface area contributed by atoms with Crippen molar-refractivity contribution in [3.63, 3.8) is 0 Å². The summed E-state index contributed by atoms with van der Waals surface area (Å²) in [5.74, 6) is -0.403. The SMILES string of the molecule is C=CC(=O)NCC(CO)(CO)CO. The van der Waals surface area contributed by atoms with E-state index in [1.54, 1.807) is 0 Å². The van der Waals surface area contributed by atoms with Crippen LogP contribution >= 0.6 is 0 Å². The van der Waals surface area contributed by atoms with Gasteiger partial charge in [0.25, 0.3) is 0 Å². The Labute approximate surface area is 76.7 Å². The molecule has 5 nitrogen and oxygen atoms in total. The van der Waals surface area contributed by atoms with Crippen LogP contribution in [0.4, 0.5) is 0 Å². The standard InChI is InChI=1S/C8H15NO4/c1-2-7(13)9-3-8(4-10,5-11)6-12/h2,10-12H,1,3-6H2,(H,9,13). The Hall–Kier alpha value is -0.910. The Morgan fingerprint density at radius 1 is 1.31 bits per heavy atom. The molecule has 0 aliphatic rings. The van der Waals surface area contributed by atoms with Crippen LogP contribution in [0, 0.1) is 5.41 Å². The minimum absolute atomic E-state index is 0.0152. The molecule has 0 aromatic rings. The molecule has 0 heterocycles. The predicted octanol–water partition coefficient (Wildman–Crippen LogP) is -1.75. The number of amides is 1. The lowest BCUT2D eigenvalue weighted by atomic mass is 9.91. The Morgan fingerprint density at radius 3 is 2.08 bits per heavy atom. The van der Waals surface area contributed by atoms with Gasteiger partial charge in [-0.15, -0.1) is 0 Å². The molecule has 76 valence electrons. The van der Waals surface area contributed by atoms with Crippen LogP contribution in [-0.4, -0.2) is 47.6 Å². The van der Waals surface area contributed by atoms with Crippen molar-refractivity contribution < 1.29 is 20.1 Å². The molecular weight excluding hydrogens is 174 g/mol. The smallest absolute Gasteiger partial charge is 0.243 e. The van der Waals surface area contributed by atoms with E-state index >= 15 is 0 Å². The highest BCUT2D eigenvalue weighted by molar-refractivity contribution is 5.86. The maximum Gasteiger partial charge on any atom is 0.243 e. The summed E-state index contributed by atoms with van der Waals surface area (Å²) < 4.78 is 0. The Balaban J connectivity index is 4.09. The zero-order chi connectivity index (χ0) is 10.3. The molecular formula is C8H15NO4. The van der Waals surface area contributed by atoms with Crippen LogP contribution in [0.2, 0.25) is 0 Å². The van der Waals surface area contributed by atoms with Crippen LogP contribution in [0.1, 0.15) is 0 Å². The minimum Gasteiger partial charge on any atom is -0.396 e. The van der Waals surface area contributed by atoms with Crippen LogP contribution in [0.25, 0.3) is 0 Å². The van der Waals surface area contributed by atoms with Gasteiger partial charge in [-0.3, -0.25) is 4.79 Å². The molecule has 0 aromatic heterocycles. The second kappa shape index (κ2) is 5.69. The van der Waals surface area contributed by atoms with Gasteiger partial charge < -0.3 is 20.6 Å². The summed E-state index contributed by atoms with van der Waals surface area (Å²) in [5, 5.41) is 29.0. The largest absolute Gasteiger partial charge is 0.396 e. The van der Waals surface area contributed by atoms with E-state index in [-0.39, 0.29) is 6.54 Å². The number of hydrogen-bond acceptors (Lipinski definition) is 4. The third kappa shape index (κ3) is 3.54. The summed E-state index contributed by atoms with van der Waals surface area (Å²) in [6.45, 7) is 2.08. The molecule has 0 radical (unpaired) electrons. The molecule has 0 aliphatic carbocycles. The van der Waals surface area contributed by atoms with E-state index in [0.29, 0.717) is 0 Å². The van der Waals surface area contributed by atoms with Crippen molar-refractivity contribution in [2.75, 3.05) is 26.4 Å². The molecule has 0 atom stereocenters. The number of rotatable bonds is 6. The van der Waals surface area contributed by atoms with E-state index in [0.717, 1.165) is 6.08 Å². The lowest BCUT2D eigenvalue weighted by molar-refractivity contribution is -0.117. The molecule has 0 unspecified atom stereocenters. The first-order chi connectivity index (χ1) is 6.14. The summed E-state index contributed by atoms with van der Waals surface area (Å²) in [4.78, 5) is 10.7. The molecule has 4 N–H and O–H groups in total. The molecule has 0 fully saturated rings. The van der Waals surface area contributed by atoms with Crippen molar-refractivity contribution in [2.24, 2.45) is 5.41 Å². The first-order valence-corrected chi connectivity index (χ1v) is 3.87. The van der Waals surface area contributed by atoms with Gasteiger partial charge in [-0.25, -0.2) is 0 Å². The van der Waals surface area contributed by atoms with Crippen molar-refractivity contribution in [1.29, 1.82) is 0 Å². The molecule has 1 amide bonds. The van der Waals surface area contributed by atoms with Crippen LogP contribution in [0.15, 0.2) is 12.7 Å². The summed E-state index contributed by atoms with van der Waals surface area (Å²) >= 11 is 0. The van der Waals surface area contributed by atoms with E-state index in [9.17, 15) is 4.79 Å². The van der Waals surface area contributed by atoms with Gasteiger partial charge in [0, 0.05) is 6.54 Å². The van der Waals surface area contributed by atoms with Crippen LogP contribution in [0.3, 0.4) is 0 Å². The fourth-order valence-electron chi connectivity index (χ4n) is 0.664. The quantitative estimate of drug-likeness (QED) is 0.373. The molecule has 0 aromatic carbocycles. The van der Waals surface area contributed by atoms with Gasteiger partial charge in [0.2, 0.25) is 5.91 Å². The van der Waals surface area contributed by atoms with E-state index in [1.807, 2.05) is 0 Å². The van der Waals surface area contributed by atoms with Gasteiger partial charge in [-0.1, -0.05) is 6.58 Å². The van der Waals surface area contributed by atoms with Crippen LogP contribution in [0.5, 0.6) is 0 Å². The van der Waals surface area contributed by atoms with Gasteiger partial charge in [-0.2, -0.15) is 0 Å². The zero-order valence-electron chi connectivity index (χ0n) is 7.36. The Morgan fingerprint density at radius 2 is 1.77 bits per heavy atom. The molecule has 13 heavy (non-hydrogen) atoms. The van der Waals surface area contributed by atoms with Crippen LogP contribution < -0.4 is 5.32 Å². The van der Waals surface area contributed by atoms with Crippen LogP contribution in [-0.2, 0) is 4.79 Å². The summed E-state index contributed by atoms with van der Waals surface area (Å²) in [5.41, 5.74) is -1.06. The van der Waals surface area contributed by atoms with Crippen molar-refractivity contribution in [3.05, 3.63) is 12.7 Å². The van der Waals surface area contributed by atoms with Crippen molar-refractivity contribution in [1.82, 2.24) is 5.32 Å². The number of nitrogens with one attached hydrogen (secondary N) is 1. The molecule has 5 heteroatoms. The third-order valence-electron chi connectivity index (χ3n) is 1.83. The lowest BCUT2D eigenvalue weighted by Gasteiger charge is -2.26. The number of aliphatic hydroxyl groups excluding tert-OH is 3. The molecule has 0 rings (SSSR count). The second-order valence-electron chi connectivity index (χ2n) is 2.90. The molecule has 0 aliphatic heterocycles. The molecule has 0 saturated heterocycles. The van der Waals surface area contributed by atoms with E-state index < -0.39 is 31.1 Å². The molecule has 0 spiro atoms. The van der Waals surface area contributed by atoms with Crippen molar-refractivity contribution in [2.45, 2.75) is 0 Å². The molecule has 0 saturated carbocycles. The van der Waals surface area contributed by atoms with Gasteiger partial charge in [0.1, 0.15) is 0 Å². The second-order valence-corrected chi connectivity index (χ2v) is 2.90. The first-order valence-electron chi connectivity index (χ1n) is 3.87. The summed E-state index contributed by atoms with van der Waals surface area (Å²) in [7, 11) is 0. The number of hydrogen-bond donors (Lipinski definition) is 4. The maximum absolute atomic E-state index is 10.7. The number of carbonyl (C=O) groups excluding carboxylic acids is 1. The number of aliphatic hydroxyl groups is 3. The number of carbonyl (C=O) groups is 1. The Bertz CT molecular complexity index is 169. The summed E-state index contributed by atoms with van der Waals surface area (Å²) in [6.07, 6.45) is 1.08. The van der Waals surface area contributed by atoms with E-state index in [4.69, 9.17) is 15.3 Å². The lowest BCUT2D eigenvalue weighted by Crippen LogP contribution is -2.44. The van der Waals surface area contributed by atoms with E-state index in [2.05, 4.69) is 11.9 Å². The fourth-order valence-corrected chi connectivity index (χ4v) is 0.664. The summed E-state index contributed by atoms with van der Waals surface area (Å²) in [6, 6.07) is 0. The molecule has 0 bridgehead atoms. The first kappa shape index (κ1) is 12.1. The average molecular weight is 189 g/mol. The van der Waals surface area contributed by atoms with Crippen molar-refractivity contribution in [3.8, 4) is 0 Å². The maximum atomic E-state index is 10.7. The zero-order valence-corrected chi connectivity index (χ0v) is 7.36. The van der Waals surface area contributed by atoms with E-state index in [1.165, 1.54) is 0 Å².